The number of hydrogen-bond donors (Lipinski definition) is 0. The van der Waals surface area contributed by atoms with Gasteiger partial charge in [-0.15, -0.1) is 10.2 Å². The Bertz CT molecular complexity index is 815. The molecule has 0 aliphatic heterocycles. The Morgan fingerprint density at radius 2 is 2.04 bits per heavy atom. The molecule has 0 atom stereocenters. The van der Waals surface area contributed by atoms with Crippen molar-refractivity contribution in [2.75, 3.05) is 0 Å². The highest BCUT2D eigenvalue weighted by molar-refractivity contribution is 7.98. The number of nitrogens with zero attached hydrogens (tertiary/aromatic N) is 5. The third-order valence-electron chi connectivity index (χ3n) is 3.60. The third-order valence-corrected chi connectivity index (χ3v) is 4.56. The zero-order valence-electron chi connectivity index (χ0n) is 15.2. The van der Waals surface area contributed by atoms with Crippen LogP contribution in [0.25, 0.3) is 0 Å². The Morgan fingerprint density at radius 1 is 1.24 bits per heavy atom. The lowest BCUT2D eigenvalue weighted by Gasteiger charge is -2.10. The van der Waals surface area contributed by atoms with Crippen LogP contribution in [0.5, 0.6) is 0 Å². The zero-order valence-corrected chi connectivity index (χ0v) is 16.0. The van der Waals surface area contributed by atoms with Crippen LogP contribution < -0.4 is 0 Å². The summed E-state index contributed by atoms with van der Waals surface area (Å²) >= 11 is 1.55. The van der Waals surface area contributed by atoms with Crippen LogP contribution in [-0.4, -0.2) is 24.9 Å². The van der Waals surface area contributed by atoms with E-state index >= 15 is 0 Å². The van der Waals surface area contributed by atoms with Crippen molar-refractivity contribution in [3.05, 3.63) is 41.7 Å². The summed E-state index contributed by atoms with van der Waals surface area (Å²) in [6.07, 6.45) is 1.68. The topological polar surface area (TPSA) is 82.8 Å². The first-order chi connectivity index (χ1) is 11.8. The van der Waals surface area contributed by atoms with Gasteiger partial charge in [0, 0.05) is 11.3 Å². The maximum absolute atomic E-state index is 5.47. The molecule has 0 bridgehead atoms. The lowest BCUT2D eigenvalue weighted by molar-refractivity contribution is 0.319. The fourth-order valence-electron chi connectivity index (χ4n) is 2.29. The molecular formula is C17H23N5O2S. The molecule has 0 saturated heterocycles. The Labute approximate surface area is 151 Å². The molecule has 0 aromatic carbocycles. The van der Waals surface area contributed by atoms with Gasteiger partial charge in [0.2, 0.25) is 5.89 Å². The van der Waals surface area contributed by atoms with Gasteiger partial charge in [0.25, 0.3) is 0 Å². The van der Waals surface area contributed by atoms with Gasteiger partial charge in [-0.2, -0.15) is 4.98 Å². The van der Waals surface area contributed by atoms with Crippen molar-refractivity contribution in [1.29, 1.82) is 0 Å². The van der Waals surface area contributed by atoms with Crippen molar-refractivity contribution in [3.63, 3.8) is 0 Å². The minimum Gasteiger partial charge on any atom is -0.467 e. The van der Waals surface area contributed by atoms with E-state index < -0.39 is 0 Å². The summed E-state index contributed by atoms with van der Waals surface area (Å²) in [5.74, 6) is 3.96. The van der Waals surface area contributed by atoms with Gasteiger partial charge in [0.1, 0.15) is 11.6 Å². The average molecular weight is 361 g/mol. The predicted molar refractivity (Wildman–Crippen MR) is 94.5 cm³/mol. The van der Waals surface area contributed by atoms with E-state index in [-0.39, 0.29) is 11.3 Å². The van der Waals surface area contributed by atoms with Crippen molar-refractivity contribution >= 4 is 11.8 Å². The van der Waals surface area contributed by atoms with Crippen molar-refractivity contribution in [2.45, 2.75) is 63.4 Å². The molecule has 25 heavy (non-hydrogen) atoms. The van der Waals surface area contributed by atoms with E-state index in [4.69, 9.17) is 8.94 Å². The molecule has 0 unspecified atom stereocenters. The van der Waals surface area contributed by atoms with Crippen LogP contribution in [0.3, 0.4) is 0 Å². The van der Waals surface area contributed by atoms with E-state index in [1.165, 1.54) is 0 Å². The summed E-state index contributed by atoms with van der Waals surface area (Å²) in [7, 11) is 0. The maximum atomic E-state index is 5.47. The molecule has 8 heteroatoms. The smallest absolute Gasteiger partial charge is 0.232 e. The van der Waals surface area contributed by atoms with Gasteiger partial charge in [-0.3, -0.25) is 4.57 Å². The summed E-state index contributed by atoms with van der Waals surface area (Å²) in [6.45, 7) is 11.0. The number of rotatable bonds is 6. The van der Waals surface area contributed by atoms with Gasteiger partial charge in [-0.05, 0) is 12.1 Å². The standard InChI is InChI=1S/C17H23N5O2S/c1-11(2)14-19-20-16(22(14)9-12-7-6-8-23-12)25-10-13-18-15(24-21-13)17(3,4)5/h6-8,11H,9-10H2,1-5H3. The van der Waals surface area contributed by atoms with E-state index in [1.807, 2.05) is 32.9 Å². The van der Waals surface area contributed by atoms with Crippen molar-refractivity contribution in [2.24, 2.45) is 0 Å². The fraction of sp³-hybridized carbons (Fsp3) is 0.529. The monoisotopic (exact) mass is 361 g/mol. The summed E-state index contributed by atoms with van der Waals surface area (Å²) in [6, 6.07) is 3.84. The van der Waals surface area contributed by atoms with Gasteiger partial charge >= 0.3 is 0 Å². The first kappa shape index (κ1) is 17.7. The highest BCUT2D eigenvalue weighted by atomic mass is 32.2. The molecule has 3 aromatic heterocycles. The van der Waals surface area contributed by atoms with Crippen LogP contribution in [0, 0.1) is 0 Å². The first-order valence-corrected chi connectivity index (χ1v) is 9.24. The lowest BCUT2D eigenvalue weighted by Crippen LogP contribution is -2.11. The van der Waals surface area contributed by atoms with Gasteiger partial charge in [-0.1, -0.05) is 51.5 Å². The SMILES string of the molecule is CC(C)c1nnc(SCc2noc(C(C)(C)C)n2)n1Cc1ccco1. The zero-order chi connectivity index (χ0) is 18.0. The summed E-state index contributed by atoms with van der Waals surface area (Å²) in [4.78, 5) is 4.47. The molecule has 0 aliphatic carbocycles. The number of aromatic nitrogens is 5. The Morgan fingerprint density at radius 3 is 2.64 bits per heavy atom. The van der Waals surface area contributed by atoms with E-state index in [2.05, 4.69) is 38.8 Å². The second kappa shape index (κ2) is 7.03. The second-order valence-electron chi connectivity index (χ2n) is 7.22. The van der Waals surface area contributed by atoms with Gasteiger partial charge in [-0.25, -0.2) is 0 Å². The molecule has 134 valence electrons. The minimum absolute atomic E-state index is 0.153. The van der Waals surface area contributed by atoms with E-state index in [0.717, 1.165) is 16.7 Å². The van der Waals surface area contributed by atoms with Crippen LogP contribution in [0.15, 0.2) is 32.5 Å². The molecule has 0 saturated carbocycles. The van der Waals surface area contributed by atoms with Crippen LogP contribution in [0.4, 0.5) is 0 Å². The normalized spacial score (nSPS) is 12.2. The number of furan rings is 1. The van der Waals surface area contributed by atoms with E-state index in [0.29, 0.717) is 24.0 Å². The molecule has 0 aliphatic rings. The number of hydrogen-bond acceptors (Lipinski definition) is 7. The van der Waals surface area contributed by atoms with Crippen molar-refractivity contribution in [1.82, 2.24) is 24.9 Å². The predicted octanol–water partition coefficient (Wildman–Crippen LogP) is 4.02. The molecule has 3 aromatic rings. The maximum Gasteiger partial charge on any atom is 0.232 e. The average Bonchev–Trinajstić information content (AvgIpc) is 3.25. The highest BCUT2D eigenvalue weighted by Crippen LogP contribution is 2.26. The van der Waals surface area contributed by atoms with Crippen LogP contribution >= 0.6 is 11.8 Å². The highest BCUT2D eigenvalue weighted by Gasteiger charge is 2.22. The molecular weight excluding hydrogens is 338 g/mol. The van der Waals surface area contributed by atoms with Crippen LogP contribution in [0.2, 0.25) is 0 Å². The summed E-state index contributed by atoms with van der Waals surface area (Å²) in [5, 5.41) is 13.6. The van der Waals surface area contributed by atoms with Crippen LogP contribution in [-0.2, 0) is 17.7 Å². The minimum atomic E-state index is -0.153. The molecule has 0 amide bonds. The third kappa shape index (κ3) is 4.12. The second-order valence-corrected chi connectivity index (χ2v) is 8.16. The van der Waals surface area contributed by atoms with Crippen molar-refractivity contribution in [3.8, 4) is 0 Å². The fourth-order valence-corrected chi connectivity index (χ4v) is 3.08. The Hall–Kier alpha value is -2.09. The van der Waals surface area contributed by atoms with Crippen LogP contribution in [0.1, 0.15) is 63.8 Å². The van der Waals surface area contributed by atoms with E-state index in [1.54, 1.807) is 18.0 Å². The molecule has 3 heterocycles. The van der Waals surface area contributed by atoms with Gasteiger partial charge in [0.15, 0.2) is 11.0 Å². The largest absolute Gasteiger partial charge is 0.467 e. The van der Waals surface area contributed by atoms with Crippen molar-refractivity contribution < 1.29 is 8.94 Å². The van der Waals surface area contributed by atoms with Gasteiger partial charge in [0.05, 0.1) is 18.6 Å². The Balaban J connectivity index is 1.77. The summed E-state index contributed by atoms with van der Waals surface area (Å²) in [5.41, 5.74) is -0.153. The molecule has 7 nitrogen and oxygen atoms in total. The van der Waals surface area contributed by atoms with E-state index in [9.17, 15) is 0 Å². The number of thioether (sulfide) groups is 1. The molecule has 0 spiro atoms. The molecule has 0 fully saturated rings. The quantitative estimate of drug-likeness (QED) is 0.613. The molecule has 0 radical (unpaired) electrons. The Kier molecular flexibility index (Phi) is 4.99. The molecule has 0 N–H and O–H groups in total. The first-order valence-electron chi connectivity index (χ1n) is 8.26. The summed E-state index contributed by atoms with van der Waals surface area (Å²) < 4.78 is 12.9. The van der Waals surface area contributed by atoms with Gasteiger partial charge < -0.3 is 8.94 Å². The lowest BCUT2D eigenvalue weighted by atomic mass is 9.97. The molecule has 3 rings (SSSR count).